The Morgan fingerprint density at radius 2 is 1.73 bits per heavy atom. The normalized spacial score (nSPS) is 14.1. The van der Waals surface area contributed by atoms with E-state index >= 15 is 0 Å². The minimum absolute atomic E-state index is 0.0719. The van der Waals surface area contributed by atoms with Gasteiger partial charge >= 0.3 is 0 Å². The van der Waals surface area contributed by atoms with Gasteiger partial charge in [-0.1, -0.05) is 54.2 Å². The highest BCUT2D eigenvalue weighted by atomic mass is 32.2. The lowest BCUT2D eigenvalue weighted by Crippen LogP contribution is -2.30. The summed E-state index contributed by atoms with van der Waals surface area (Å²) in [5, 5.41) is 3.56. The molecule has 6 nitrogen and oxygen atoms in total. The van der Waals surface area contributed by atoms with Crippen LogP contribution in [0.3, 0.4) is 0 Å². The molecule has 33 heavy (non-hydrogen) atoms. The Balaban J connectivity index is 1.64. The van der Waals surface area contributed by atoms with Crippen LogP contribution in [0.15, 0.2) is 88.8 Å². The SMILES string of the molecule is COc1ccc(-n2c(SC(C(=O)NC3CC3)c3ccccc3)nc3ccccc3c2=O)cc1. The fourth-order valence-electron chi connectivity index (χ4n) is 3.66. The lowest BCUT2D eigenvalue weighted by molar-refractivity contribution is -0.120. The molecule has 1 saturated carbocycles. The quantitative estimate of drug-likeness (QED) is 0.327. The van der Waals surface area contributed by atoms with E-state index in [1.807, 2.05) is 60.7 Å². The average molecular weight is 458 g/mol. The van der Waals surface area contributed by atoms with E-state index in [9.17, 15) is 9.59 Å². The van der Waals surface area contributed by atoms with Crippen LogP contribution in [0.2, 0.25) is 0 Å². The zero-order valence-electron chi connectivity index (χ0n) is 18.1. The number of aromatic nitrogens is 2. The van der Waals surface area contributed by atoms with Crippen molar-refractivity contribution in [2.45, 2.75) is 29.3 Å². The zero-order valence-corrected chi connectivity index (χ0v) is 18.9. The number of nitrogens with one attached hydrogen (secondary N) is 1. The van der Waals surface area contributed by atoms with Gasteiger partial charge in [-0.25, -0.2) is 4.98 Å². The van der Waals surface area contributed by atoms with Crippen molar-refractivity contribution in [1.82, 2.24) is 14.9 Å². The average Bonchev–Trinajstić information content (AvgIpc) is 3.67. The highest BCUT2D eigenvalue weighted by molar-refractivity contribution is 8.00. The molecule has 1 aliphatic rings. The van der Waals surface area contributed by atoms with Gasteiger partial charge in [-0.15, -0.1) is 0 Å². The van der Waals surface area contributed by atoms with Gasteiger partial charge in [0.05, 0.1) is 23.7 Å². The molecule has 1 heterocycles. The Bertz CT molecular complexity index is 1350. The summed E-state index contributed by atoms with van der Waals surface area (Å²) in [5.41, 5.74) is 1.95. The number of hydrogen-bond donors (Lipinski definition) is 1. The molecular weight excluding hydrogens is 434 g/mol. The zero-order chi connectivity index (χ0) is 22.8. The first-order valence-electron chi connectivity index (χ1n) is 10.8. The highest BCUT2D eigenvalue weighted by Gasteiger charge is 2.30. The third-order valence-corrected chi connectivity index (χ3v) is 6.77. The van der Waals surface area contributed by atoms with Crippen LogP contribution in [-0.2, 0) is 4.79 Å². The second kappa shape index (κ2) is 9.11. The largest absolute Gasteiger partial charge is 0.497 e. The predicted molar refractivity (Wildman–Crippen MR) is 130 cm³/mol. The first-order valence-corrected chi connectivity index (χ1v) is 11.7. The molecule has 166 valence electrons. The van der Waals surface area contributed by atoms with E-state index in [4.69, 9.17) is 9.72 Å². The second-order valence-corrected chi connectivity index (χ2v) is 9.01. The summed E-state index contributed by atoms with van der Waals surface area (Å²) in [6.07, 6.45) is 2.01. The summed E-state index contributed by atoms with van der Waals surface area (Å²) in [6.45, 7) is 0. The molecule has 1 aromatic heterocycles. The van der Waals surface area contributed by atoms with Gasteiger partial charge < -0.3 is 10.1 Å². The van der Waals surface area contributed by atoms with Crippen LogP contribution in [0, 0.1) is 0 Å². The summed E-state index contributed by atoms with van der Waals surface area (Å²) in [5.74, 6) is 0.623. The van der Waals surface area contributed by atoms with Gasteiger partial charge in [-0.3, -0.25) is 14.2 Å². The molecule has 0 bridgehead atoms. The van der Waals surface area contributed by atoms with Crippen LogP contribution in [-0.4, -0.2) is 28.6 Å². The van der Waals surface area contributed by atoms with E-state index in [1.165, 1.54) is 11.8 Å². The van der Waals surface area contributed by atoms with Crippen molar-refractivity contribution >= 4 is 28.6 Å². The molecule has 7 heteroatoms. The molecule has 1 atom stereocenters. The Morgan fingerprint density at radius 3 is 2.42 bits per heavy atom. The third-order valence-electron chi connectivity index (χ3n) is 5.56. The molecule has 0 radical (unpaired) electrons. The number of rotatable bonds is 7. The molecule has 1 aliphatic carbocycles. The molecule has 0 aliphatic heterocycles. The molecule has 1 N–H and O–H groups in total. The first kappa shape index (κ1) is 21.3. The van der Waals surface area contributed by atoms with Crippen LogP contribution in [0.25, 0.3) is 16.6 Å². The van der Waals surface area contributed by atoms with Crippen LogP contribution < -0.4 is 15.6 Å². The number of carbonyl (C=O) groups excluding carboxylic acids is 1. The number of hydrogen-bond acceptors (Lipinski definition) is 5. The Hall–Kier alpha value is -3.58. The summed E-state index contributed by atoms with van der Waals surface area (Å²) >= 11 is 1.29. The number of carbonyl (C=O) groups is 1. The number of ether oxygens (including phenoxy) is 1. The second-order valence-electron chi connectivity index (χ2n) is 7.94. The van der Waals surface area contributed by atoms with Crippen LogP contribution in [0.5, 0.6) is 5.75 Å². The first-order chi connectivity index (χ1) is 16.1. The molecule has 0 spiro atoms. The van der Waals surface area contributed by atoms with E-state index in [2.05, 4.69) is 5.32 Å². The molecule has 1 amide bonds. The molecular formula is C26H23N3O3S. The van der Waals surface area contributed by atoms with Crippen molar-refractivity contribution in [2.24, 2.45) is 0 Å². The number of benzene rings is 3. The van der Waals surface area contributed by atoms with Crippen molar-refractivity contribution in [3.63, 3.8) is 0 Å². The van der Waals surface area contributed by atoms with Gasteiger partial charge in [-0.05, 0) is 54.8 Å². The van der Waals surface area contributed by atoms with Crippen molar-refractivity contribution in [1.29, 1.82) is 0 Å². The molecule has 1 unspecified atom stereocenters. The fourth-order valence-corrected chi connectivity index (χ4v) is 4.79. The van der Waals surface area contributed by atoms with E-state index in [0.717, 1.165) is 18.4 Å². The lowest BCUT2D eigenvalue weighted by Gasteiger charge is -2.19. The summed E-state index contributed by atoms with van der Waals surface area (Å²) in [7, 11) is 1.60. The van der Waals surface area contributed by atoms with Gasteiger partial charge in [0, 0.05) is 6.04 Å². The van der Waals surface area contributed by atoms with Gasteiger partial charge in [0.2, 0.25) is 5.91 Å². The van der Waals surface area contributed by atoms with E-state index in [-0.39, 0.29) is 17.5 Å². The number of nitrogens with zero attached hydrogens (tertiary/aromatic N) is 2. The maximum Gasteiger partial charge on any atom is 0.266 e. The summed E-state index contributed by atoms with van der Waals surface area (Å²) in [6, 6.07) is 24.4. The number of para-hydroxylation sites is 1. The summed E-state index contributed by atoms with van der Waals surface area (Å²) in [4.78, 5) is 31.6. The van der Waals surface area contributed by atoms with Crippen molar-refractivity contribution in [3.8, 4) is 11.4 Å². The van der Waals surface area contributed by atoms with Gasteiger partial charge in [0.1, 0.15) is 11.0 Å². The smallest absolute Gasteiger partial charge is 0.266 e. The number of thioether (sulfide) groups is 1. The standard InChI is InChI=1S/C26H23N3O3S/c1-32-20-15-13-19(14-16-20)29-25(31)21-9-5-6-10-22(21)28-26(29)33-23(17-7-3-2-4-8-17)24(30)27-18-11-12-18/h2-10,13-16,18,23H,11-12H2,1H3,(H,27,30). The lowest BCUT2D eigenvalue weighted by atomic mass is 10.1. The third kappa shape index (κ3) is 4.50. The van der Waals surface area contributed by atoms with Gasteiger partial charge in [0.15, 0.2) is 5.16 Å². The topological polar surface area (TPSA) is 73.2 Å². The van der Waals surface area contributed by atoms with E-state index in [0.29, 0.717) is 27.5 Å². The molecule has 3 aromatic carbocycles. The van der Waals surface area contributed by atoms with Crippen molar-refractivity contribution in [2.75, 3.05) is 7.11 Å². The maximum absolute atomic E-state index is 13.6. The van der Waals surface area contributed by atoms with Crippen LogP contribution >= 0.6 is 11.8 Å². The molecule has 4 aromatic rings. The minimum Gasteiger partial charge on any atom is -0.497 e. The minimum atomic E-state index is -0.538. The van der Waals surface area contributed by atoms with Crippen molar-refractivity contribution in [3.05, 3.63) is 94.8 Å². The maximum atomic E-state index is 13.6. The number of methoxy groups -OCH3 is 1. The van der Waals surface area contributed by atoms with E-state index < -0.39 is 5.25 Å². The summed E-state index contributed by atoms with van der Waals surface area (Å²) < 4.78 is 6.85. The van der Waals surface area contributed by atoms with Crippen LogP contribution in [0.1, 0.15) is 23.7 Å². The Kier molecular flexibility index (Phi) is 5.88. The number of amides is 1. The predicted octanol–water partition coefficient (Wildman–Crippen LogP) is 4.51. The van der Waals surface area contributed by atoms with E-state index in [1.54, 1.807) is 29.9 Å². The Morgan fingerprint density at radius 1 is 1.03 bits per heavy atom. The molecule has 0 saturated heterocycles. The van der Waals surface area contributed by atoms with Crippen molar-refractivity contribution < 1.29 is 9.53 Å². The highest BCUT2D eigenvalue weighted by Crippen LogP contribution is 2.36. The number of fused-ring (bicyclic) bond motifs is 1. The molecule has 1 fully saturated rings. The van der Waals surface area contributed by atoms with Gasteiger partial charge in [-0.2, -0.15) is 0 Å². The monoisotopic (exact) mass is 457 g/mol. The fraction of sp³-hybridized carbons (Fsp3) is 0.192. The Labute approximate surface area is 195 Å². The molecule has 5 rings (SSSR count). The van der Waals surface area contributed by atoms with Gasteiger partial charge in [0.25, 0.3) is 5.56 Å². The van der Waals surface area contributed by atoms with Crippen LogP contribution in [0.4, 0.5) is 0 Å².